The fraction of sp³-hybridized carbons (Fsp3) is 0.571. The van der Waals surface area contributed by atoms with Crippen molar-refractivity contribution in [2.75, 3.05) is 18.8 Å². The number of rotatable bonds is 5. The first-order chi connectivity index (χ1) is 9.92. The van der Waals surface area contributed by atoms with Crippen molar-refractivity contribution in [2.45, 2.75) is 32.4 Å². The van der Waals surface area contributed by atoms with E-state index < -0.39 is 10.0 Å². The van der Waals surface area contributed by atoms with E-state index in [0.717, 1.165) is 12.8 Å². The third kappa shape index (κ3) is 4.15. The number of sulfonamides is 1. The van der Waals surface area contributed by atoms with Gasteiger partial charge in [-0.2, -0.15) is 0 Å². The maximum Gasteiger partial charge on any atom is 0.213 e. The lowest BCUT2D eigenvalue weighted by Gasteiger charge is -2.31. The lowest BCUT2D eigenvalue weighted by atomic mass is 10.1. The second-order valence-electron chi connectivity index (χ2n) is 5.23. The second-order valence-corrected chi connectivity index (χ2v) is 7.49. The van der Waals surface area contributed by atoms with E-state index in [1.165, 1.54) is 22.5 Å². The van der Waals surface area contributed by atoms with Crippen LogP contribution in [0.5, 0.6) is 5.75 Å². The zero-order valence-corrected chi connectivity index (χ0v) is 12.9. The smallest absolute Gasteiger partial charge is 0.213 e. The Morgan fingerprint density at radius 1 is 1.38 bits per heavy atom. The van der Waals surface area contributed by atoms with Gasteiger partial charge in [0.25, 0.3) is 0 Å². The lowest BCUT2D eigenvalue weighted by Crippen LogP contribution is -2.45. The van der Waals surface area contributed by atoms with Crippen LogP contribution in [0.3, 0.4) is 0 Å². The summed E-state index contributed by atoms with van der Waals surface area (Å²) >= 11 is 0. The largest absolute Gasteiger partial charge is 0.508 e. The van der Waals surface area contributed by atoms with Crippen molar-refractivity contribution >= 4 is 10.0 Å². The molecule has 118 valence electrons. The Balaban J connectivity index is 1.86. The van der Waals surface area contributed by atoms with Gasteiger partial charge in [-0.25, -0.2) is 17.1 Å². The number of halogens is 1. The van der Waals surface area contributed by atoms with Crippen LogP contribution in [0, 0.1) is 5.82 Å². The molecule has 1 heterocycles. The van der Waals surface area contributed by atoms with Gasteiger partial charge in [0.15, 0.2) is 0 Å². The normalized spacial score (nSPS) is 18.0. The van der Waals surface area contributed by atoms with E-state index in [1.54, 1.807) is 6.92 Å². The molecule has 21 heavy (non-hydrogen) atoms. The highest BCUT2D eigenvalue weighted by molar-refractivity contribution is 7.89. The zero-order valence-electron chi connectivity index (χ0n) is 12.0. The molecule has 1 saturated heterocycles. The first-order valence-corrected chi connectivity index (χ1v) is 8.72. The first kappa shape index (κ1) is 16.2. The summed E-state index contributed by atoms with van der Waals surface area (Å²) in [5.74, 6) is -0.189. The number of phenolic OH excluding ortho intramolecular Hbond substituents is 1. The van der Waals surface area contributed by atoms with Crippen LogP contribution in [0.15, 0.2) is 18.2 Å². The number of hydrogen-bond donors (Lipinski definition) is 2. The Morgan fingerprint density at radius 3 is 2.67 bits per heavy atom. The molecule has 0 spiro atoms. The third-order valence-corrected chi connectivity index (χ3v) is 5.72. The Hall–Kier alpha value is -1.18. The summed E-state index contributed by atoms with van der Waals surface area (Å²) in [6, 6.07) is 4.03. The number of phenols is 1. The van der Waals surface area contributed by atoms with Gasteiger partial charge < -0.3 is 10.4 Å². The van der Waals surface area contributed by atoms with Crippen molar-refractivity contribution < 1.29 is 17.9 Å². The number of aromatic hydroxyl groups is 1. The van der Waals surface area contributed by atoms with E-state index in [9.17, 15) is 17.9 Å². The Kier molecular flexibility index (Phi) is 5.18. The summed E-state index contributed by atoms with van der Waals surface area (Å²) in [7, 11) is -3.11. The maximum absolute atomic E-state index is 13.1. The molecule has 0 atom stereocenters. The minimum atomic E-state index is -3.11. The van der Waals surface area contributed by atoms with Crippen molar-refractivity contribution in [2.24, 2.45) is 0 Å². The predicted molar refractivity (Wildman–Crippen MR) is 79.0 cm³/mol. The SMILES string of the molecule is CCS(=O)(=O)N1CCC(NCc2cc(F)ccc2O)CC1. The molecule has 1 fully saturated rings. The van der Waals surface area contributed by atoms with Gasteiger partial charge in [0.05, 0.1) is 5.75 Å². The molecule has 0 bridgehead atoms. The van der Waals surface area contributed by atoms with Crippen molar-refractivity contribution in [3.05, 3.63) is 29.6 Å². The lowest BCUT2D eigenvalue weighted by molar-refractivity contribution is 0.288. The van der Waals surface area contributed by atoms with Gasteiger partial charge in [-0.15, -0.1) is 0 Å². The number of nitrogens with zero attached hydrogens (tertiary/aromatic N) is 1. The van der Waals surface area contributed by atoms with E-state index in [-0.39, 0.29) is 23.4 Å². The molecule has 0 radical (unpaired) electrons. The summed E-state index contributed by atoms with van der Waals surface area (Å²) in [6.07, 6.45) is 1.44. The Bertz CT molecular complexity index is 584. The highest BCUT2D eigenvalue weighted by atomic mass is 32.2. The van der Waals surface area contributed by atoms with Gasteiger partial charge in [0.2, 0.25) is 10.0 Å². The first-order valence-electron chi connectivity index (χ1n) is 7.11. The average Bonchev–Trinajstić information content (AvgIpc) is 2.48. The van der Waals surface area contributed by atoms with Crippen LogP contribution in [-0.2, 0) is 16.6 Å². The predicted octanol–water partition coefficient (Wildman–Crippen LogP) is 1.43. The summed E-state index contributed by atoms with van der Waals surface area (Å²) in [5.41, 5.74) is 0.513. The number of hydrogen-bond acceptors (Lipinski definition) is 4. The summed E-state index contributed by atoms with van der Waals surface area (Å²) in [4.78, 5) is 0. The van der Waals surface area contributed by atoms with Gasteiger partial charge >= 0.3 is 0 Å². The van der Waals surface area contributed by atoms with E-state index in [2.05, 4.69) is 5.32 Å². The highest BCUT2D eigenvalue weighted by Gasteiger charge is 2.26. The summed E-state index contributed by atoms with van der Waals surface area (Å²) in [6.45, 7) is 3.02. The molecule has 2 rings (SSSR count). The van der Waals surface area contributed by atoms with E-state index in [0.29, 0.717) is 25.2 Å². The number of piperidine rings is 1. The van der Waals surface area contributed by atoms with Crippen LogP contribution in [-0.4, -0.2) is 42.7 Å². The number of benzene rings is 1. The molecular weight excluding hydrogens is 295 g/mol. The van der Waals surface area contributed by atoms with Gasteiger partial charge in [-0.3, -0.25) is 0 Å². The Labute approximate surface area is 124 Å². The zero-order chi connectivity index (χ0) is 15.5. The highest BCUT2D eigenvalue weighted by Crippen LogP contribution is 2.19. The minimum Gasteiger partial charge on any atom is -0.508 e. The van der Waals surface area contributed by atoms with Crippen molar-refractivity contribution in [1.29, 1.82) is 0 Å². The maximum atomic E-state index is 13.1. The van der Waals surface area contributed by atoms with Gasteiger partial charge in [0.1, 0.15) is 11.6 Å². The van der Waals surface area contributed by atoms with Crippen LogP contribution < -0.4 is 5.32 Å². The third-order valence-electron chi connectivity index (χ3n) is 3.83. The van der Waals surface area contributed by atoms with Gasteiger partial charge in [-0.1, -0.05) is 0 Å². The minimum absolute atomic E-state index is 0.0647. The van der Waals surface area contributed by atoms with Crippen LogP contribution in [0.2, 0.25) is 0 Å². The molecule has 1 aliphatic heterocycles. The Morgan fingerprint density at radius 2 is 2.05 bits per heavy atom. The summed E-state index contributed by atoms with van der Waals surface area (Å²) in [5, 5.41) is 12.9. The van der Waals surface area contributed by atoms with E-state index >= 15 is 0 Å². The standard InChI is InChI=1S/C14H21FN2O3S/c1-2-21(19,20)17-7-5-13(6-8-17)16-10-11-9-12(15)3-4-14(11)18/h3-4,9,13,16,18H,2,5-8,10H2,1H3. The average molecular weight is 316 g/mol. The van der Waals surface area contributed by atoms with Crippen molar-refractivity contribution in [3.8, 4) is 5.75 Å². The fourth-order valence-corrected chi connectivity index (χ4v) is 3.60. The van der Waals surface area contributed by atoms with Crippen LogP contribution >= 0.6 is 0 Å². The van der Waals surface area contributed by atoms with Gasteiger partial charge in [0, 0.05) is 31.2 Å². The van der Waals surface area contributed by atoms with Crippen molar-refractivity contribution in [3.63, 3.8) is 0 Å². The molecule has 0 aliphatic carbocycles. The molecule has 0 amide bonds. The topological polar surface area (TPSA) is 69.6 Å². The number of nitrogens with one attached hydrogen (secondary N) is 1. The molecule has 2 N–H and O–H groups in total. The van der Waals surface area contributed by atoms with Gasteiger partial charge in [-0.05, 0) is 38.0 Å². The molecule has 7 heteroatoms. The monoisotopic (exact) mass is 316 g/mol. The molecule has 0 saturated carbocycles. The quantitative estimate of drug-likeness (QED) is 0.862. The molecular formula is C14H21FN2O3S. The van der Waals surface area contributed by atoms with E-state index in [4.69, 9.17) is 0 Å². The molecule has 1 aromatic carbocycles. The second kappa shape index (κ2) is 6.72. The van der Waals surface area contributed by atoms with Crippen molar-refractivity contribution in [1.82, 2.24) is 9.62 Å². The van der Waals surface area contributed by atoms with Crippen LogP contribution in [0.1, 0.15) is 25.3 Å². The summed E-state index contributed by atoms with van der Waals surface area (Å²) < 4.78 is 38.1. The molecule has 5 nitrogen and oxygen atoms in total. The fourth-order valence-electron chi connectivity index (χ4n) is 2.47. The van der Waals surface area contributed by atoms with E-state index in [1.807, 2.05) is 0 Å². The molecule has 1 aromatic rings. The molecule has 0 unspecified atom stereocenters. The molecule has 1 aliphatic rings. The molecule has 0 aromatic heterocycles. The van der Waals surface area contributed by atoms with Crippen LogP contribution in [0.25, 0.3) is 0 Å². The van der Waals surface area contributed by atoms with Crippen LogP contribution in [0.4, 0.5) is 4.39 Å².